The molecular formula is C19H16N4O2. The third-order valence-electron chi connectivity index (χ3n) is 5.92. The summed E-state index contributed by atoms with van der Waals surface area (Å²) in [6.45, 7) is 0. The van der Waals surface area contributed by atoms with Crippen LogP contribution in [0.4, 0.5) is 0 Å². The van der Waals surface area contributed by atoms with E-state index in [1.807, 2.05) is 18.2 Å². The number of hydrogen-bond acceptors (Lipinski definition) is 6. The quantitative estimate of drug-likeness (QED) is 0.848. The van der Waals surface area contributed by atoms with Gasteiger partial charge in [0, 0.05) is 6.42 Å². The number of nitrogens with zero attached hydrogens (tertiary/aromatic N) is 3. The van der Waals surface area contributed by atoms with Crippen molar-refractivity contribution >= 4 is 5.90 Å². The molecule has 0 aromatic heterocycles. The maximum absolute atomic E-state index is 10.1. The van der Waals surface area contributed by atoms with Crippen molar-refractivity contribution in [3.8, 4) is 18.2 Å². The van der Waals surface area contributed by atoms with Crippen LogP contribution >= 0.6 is 0 Å². The number of benzene rings is 1. The molecule has 4 atom stereocenters. The van der Waals surface area contributed by atoms with Crippen molar-refractivity contribution in [3.63, 3.8) is 0 Å². The Balaban J connectivity index is 2.02. The zero-order valence-electron chi connectivity index (χ0n) is 13.5. The first kappa shape index (κ1) is 15.6. The first-order valence-corrected chi connectivity index (χ1v) is 8.35. The zero-order chi connectivity index (χ0) is 17.7. The molecule has 1 aromatic carbocycles. The summed E-state index contributed by atoms with van der Waals surface area (Å²) in [5.74, 6) is -2.05. The molecule has 1 aromatic rings. The van der Waals surface area contributed by atoms with E-state index in [0.29, 0.717) is 18.4 Å². The van der Waals surface area contributed by atoms with Crippen LogP contribution in [0.25, 0.3) is 0 Å². The predicted octanol–water partition coefficient (Wildman–Crippen LogP) is 3.20. The van der Waals surface area contributed by atoms with Gasteiger partial charge in [-0.05, 0) is 18.4 Å². The van der Waals surface area contributed by atoms with E-state index >= 15 is 0 Å². The fraction of sp³-hybridized carbons (Fsp3) is 0.474. The molecule has 6 nitrogen and oxygen atoms in total. The summed E-state index contributed by atoms with van der Waals surface area (Å²) in [6.07, 6.45) is 1.87. The molecule has 0 unspecified atom stereocenters. The van der Waals surface area contributed by atoms with Gasteiger partial charge in [-0.2, -0.15) is 15.8 Å². The average molecular weight is 332 g/mol. The molecule has 25 heavy (non-hydrogen) atoms. The van der Waals surface area contributed by atoms with Crippen molar-refractivity contribution in [3.05, 3.63) is 35.9 Å². The second-order valence-electron chi connectivity index (χ2n) is 6.90. The Morgan fingerprint density at radius 1 is 1.04 bits per heavy atom. The van der Waals surface area contributed by atoms with E-state index in [9.17, 15) is 15.8 Å². The first-order valence-electron chi connectivity index (χ1n) is 8.35. The van der Waals surface area contributed by atoms with Crippen LogP contribution in [0, 0.1) is 56.2 Å². The molecule has 1 saturated carbocycles. The van der Waals surface area contributed by atoms with Crippen LogP contribution in [-0.4, -0.2) is 11.7 Å². The van der Waals surface area contributed by atoms with Gasteiger partial charge in [-0.25, -0.2) is 0 Å². The standard InChI is InChI=1S/C19H16N4O2/c20-10-17(11-21)14-8-4-5-9-19(14)24-15(13-6-2-1-3-7-13)18(17,12-22)16(23)25-19/h1-3,6-7,14-15,23H,4-5,8-9H2/t14-,15-,18-,19+/m1/s1. The van der Waals surface area contributed by atoms with Crippen molar-refractivity contribution < 1.29 is 9.47 Å². The highest BCUT2D eigenvalue weighted by Crippen LogP contribution is 2.69. The molecule has 3 saturated heterocycles. The molecule has 1 spiro atoms. The number of hydrogen-bond donors (Lipinski definition) is 1. The van der Waals surface area contributed by atoms with Gasteiger partial charge in [-0.15, -0.1) is 0 Å². The van der Waals surface area contributed by atoms with Crippen LogP contribution in [0.5, 0.6) is 0 Å². The fourth-order valence-corrected chi connectivity index (χ4v) is 4.77. The Kier molecular flexibility index (Phi) is 3.16. The Labute approximate surface area is 145 Å². The van der Waals surface area contributed by atoms with Crippen LogP contribution in [-0.2, 0) is 9.47 Å². The molecule has 0 radical (unpaired) electrons. The third-order valence-corrected chi connectivity index (χ3v) is 5.92. The molecule has 4 fully saturated rings. The van der Waals surface area contributed by atoms with Gasteiger partial charge >= 0.3 is 0 Å². The maximum Gasteiger partial charge on any atom is 0.218 e. The monoisotopic (exact) mass is 332 g/mol. The number of ether oxygens (including phenoxy) is 2. The lowest BCUT2D eigenvalue weighted by Crippen LogP contribution is -2.73. The van der Waals surface area contributed by atoms with Gasteiger partial charge < -0.3 is 9.47 Å². The lowest BCUT2D eigenvalue weighted by atomic mass is 9.48. The van der Waals surface area contributed by atoms with Gasteiger partial charge in [0.2, 0.25) is 11.7 Å². The van der Waals surface area contributed by atoms with Crippen molar-refractivity contribution in [2.24, 2.45) is 16.7 Å². The van der Waals surface area contributed by atoms with Crippen molar-refractivity contribution in [2.75, 3.05) is 0 Å². The molecule has 4 aliphatic rings. The SMILES string of the molecule is N#CC1(C#N)[C@H]2CCCC[C@]23OC(=N)[C@@]1(C#N)[C@@H](c1ccccc1)O3. The lowest BCUT2D eigenvalue weighted by Gasteiger charge is -2.63. The number of nitrogens with one attached hydrogen (secondary N) is 1. The first-order chi connectivity index (χ1) is 12.1. The van der Waals surface area contributed by atoms with E-state index in [1.54, 1.807) is 12.1 Å². The van der Waals surface area contributed by atoms with Crippen LogP contribution in [0.15, 0.2) is 30.3 Å². The summed E-state index contributed by atoms with van der Waals surface area (Å²) >= 11 is 0. The largest absolute Gasteiger partial charge is 0.447 e. The molecule has 1 aliphatic carbocycles. The predicted molar refractivity (Wildman–Crippen MR) is 85.5 cm³/mol. The molecule has 2 bridgehead atoms. The fourth-order valence-electron chi connectivity index (χ4n) is 4.77. The van der Waals surface area contributed by atoms with Crippen LogP contribution in [0.1, 0.15) is 37.4 Å². The number of rotatable bonds is 1. The lowest BCUT2D eigenvalue weighted by molar-refractivity contribution is -0.360. The molecule has 0 amide bonds. The summed E-state index contributed by atoms with van der Waals surface area (Å²) in [5, 5.41) is 38.7. The minimum atomic E-state index is -1.78. The van der Waals surface area contributed by atoms with Crippen molar-refractivity contribution in [1.82, 2.24) is 0 Å². The summed E-state index contributed by atoms with van der Waals surface area (Å²) in [5.41, 5.74) is -2.77. The molecule has 1 N–H and O–H groups in total. The van der Waals surface area contributed by atoms with E-state index < -0.39 is 28.6 Å². The Bertz CT molecular complexity index is 848. The molecule has 3 aliphatic heterocycles. The van der Waals surface area contributed by atoms with Gasteiger partial charge in [0.1, 0.15) is 6.10 Å². The normalized spacial score (nSPS) is 37.7. The van der Waals surface area contributed by atoms with Crippen LogP contribution in [0.2, 0.25) is 0 Å². The second kappa shape index (κ2) is 5.06. The van der Waals surface area contributed by atoms with E-state index in [1.165, 1.54) is 0 Å². The van der Waals surface area contributed by atoms with E-state index in [-0.39, 0.29) is 5.90 Å². The highest BCUT2D eigenvalue weighted by molar-refractivity contribution is 5.89. The topological polar surface area (TPSA) is 114 Å². The number of fused-ring (bicyclic) bond motifs is 2. The smallest absolute Gasteiger partial charge is 0.218 e. The summed E-state index contributed by atoms with van der Waals surface area (Å²) in [4.78, 5) is 0. The summed E-state index contributed by atoms with van der Waals surface area (Å²) in [7, 11) is 0. The highest BCUT2D eigenvalue weighted by Gasteiger charge is 2.80. The summed E-state index contributed by atoms with van der Waals surface area (Å²) < 4.78 is 12.1. The van der Waals surface area contributed by atoms with Crippen LogP contribution < -0.4 is 0 Å². The van der Waals surface area contributed by atoms with Crippen molar-refractivity contribution in [2.45, 2.75) is 37.6 Å². The summed E-state index contributed by atoms with van der Waals surface area (Å²) in [6, 6.07) is 15.4. The van der Waals surface area contributed by atoms with Gasteiger partial charge in [0.25, 0.3) is 0 Å². The second-order valence-corrected chi connectivity index (χ2v) is 6.90. The maximum atomic E-state index is 10.1. The molecule has 6 heteroatoms. The Morgan fingerprint density at radius 2 is 1.76 bits per heavy atom. The third kappa shape index (κ3) is 1.62. The van der Waals surface area contributed by atoms with E-state index in [4.69, 9.17) is 14.9 Å². The van der Waals surface area contributed by atoms with Crippen LogP contribution in [0.3, 0.4) is 0 Å². The molecular weight excluding hydrogens is 316 g/mol. The van der Waals surface area contributed by atoms with E-state index in [2.05, 4.69) is 18.2 Å². The van der Waals surface area contributed by atoms with Gasteiger partial charge in [0.05, 0.1) is 24.1 Å². The number of nitriles is 3. The highest BCUT2D eigenvalue weighted by atomic mass is 16.7. The Hall–Kier alpha value is -2.88. The molecule has 3 heterocycles. The Morgan fingerprint density at radius 3 is 2.40 bits per heavy atom. The van der Waals surface area contributed by atoms with Gasteiger partial charge in [-0.3, -0.25) is 5.41 Å². The minimum absolute atomic E-state index is 0.323. The van der Waals surface area contributed by atoms with E-state index in [0.717, 1.165) is 12.8 Å². The average Bonchev–Trinajstić information content (AvgIpc) is 2.66. The molecule has 124 valence electrons. The molecule has 5 rings (SSSR count). The minimum Gasteiger partial charge on any atom is -0.447 e. The van der Waals surface area contributed by atoms with Crippen molar-refractivity contribution in [1.29, 1.82) is 21.2 Å². The van der Waals surface area contributed by atoms with Gasteiger partial charge in [-0.1, -0.05) is 36.8 Å². The zero-order valence-corrected chi connectivity index (χ0v) is 13.5. The van der Waals surface area contributed by atoms with Gasteiger partial charge in [0.15, 0.2) is 10.8 Å².